The summed E-state index contributed by atoms with van der Waals surface area (Å²) in [7, 11) is 1.62. The topological polar surface area (TPSA) is 79.0 Å². The first-order valence-corrected chi connectivity index (χ1v) is 11.2. The Morgan fingerprint density at radius 1 is 1.16 bits per heavy atom. The van der Waals surface area contributed by atoms with Crippen molar-refractivity contribution in [2.75, 3.05) is 13.7 Å². The second-order valence-electron chi connectivity index (χ2n) is 8.84. The zero-order valence-corrected chi connectivity index (χ0v) is 18.2. The average molecular weight is 434 g/mol. The highest BCUT2D eigenvalue weighted by atomic mass is 16.5. The maximum atomic E-state index is 13.5. The van der Waals surface area contributed by atoms with Gasteiger partial charge in [0.1, 0.15) is 17.8 Å². The van der Waals surface area contributed by atoms with E-state index in [1.165, 1.54) is 0 Å². The molecular formula is C25H27N3O4. The highest BCUT2D eigenvalue weighted by Gasteiger charge is 2.54. The molecule has 3 aliphatic rings. The van der Waals surface area contributed by atoms with E-state index in [2.05, 4.69) is 5.32 Å². The SMILES string of the molecule is COc1ccc(CN(C(=O)CN2C(=O)N[C@@]3(CCCc4ccccc43)C2=O)C2CC2)cc1. The summed E-state index contributed by atoms with van der Waals surface area (Å²) < 4.78 is 5.20. The Hall–Kier alpha value is -3.35. The van der Waals surface area contributed by atoms with E-state index in [1.54, 1.807) is 12.0 Å². The molecule has 1 saturated carbocycles. The maximum absolute atomic E-state index is 13.5. The number of benzene rings is 2. The molecule has 0 radical (unpaired) electrons. The smallest absolute Gasteiger partial charge is 0.325 e. The van der Waals surface area contributed by atoms with E-state index in [1.807, 2.05) is 48.5 Å². The number of hydrogen-bond acceptors (Lipinski definition) is 4. The lowest BCUT2D eigenvalue weighted by Gasteiger charge is -2.33. The first-order chi connectivity index (χ1) is 15.5. The van der Waals surface area contributed by atoms with Crippen LogP contribution in [0.25, 0.3) is 0 Å². The number of urea groups is 1. The molecule has 7 nitrogen and oxygen atoms in total. The molecule has 1 heterocycles. The standard InChI is InChI=1S/C25H27N3O4/c1-32-20-12-8-17(9-13-20)15-27(19-10-11-19)22(29)16-28-23(30)25(26-24(28)31)14-4-6-18-5-2-3-7-21(18)25/h2-3,5,7-9,12-13,19H,4,6,10-11,14-16H2,1H3,(H,26,31)/t25-/m1/s1. The molecule has 0 aromatic heterocycles. The van der Waals surface area contributed by atoms with Gasteiger partial charge in [0, 0.05) is 12.6 Å². The van der Waals surface area contributed by atoms with Gasteiger partial charge < -0.3 is 15.0 Å². The molecule has 2 aromatic rings. The number of hydrogen-bond donors (Lipinski definition) is 1. The van der Waals surface area contributed by atoms with Crippen LogP contribution in [-0.4, -0.2) is 47.3 Å². The predicted octanol–water partition coefficient (Wildman–Crippen LogP) is 2.97. The molecule has 1 saturated heterocycles. The van der Waals surface area contributed by atoms with Gasteiger partial charge in [0.25, 0.3) is 5.91 Å². The molecule has 2 aliphatic carbocycles. The third kappa shape index (κ3) is 3.51. The maximum Gasteiger partial charge on any atom is 0.325 e. The monoisotopic (exact) mass is 433 g/mol. The third-order valence-electron chi connectivity index (χ3n) is 6.76. The van der Waals surface area contributed by atoms with Crippen molar-refractivity contribution >= 4 is 17.8 Å². The molecule has 0 bridgehead atoms. The minimum absolute atomic E-state index is 0.162. The highest BCUT2D eigenvalue weighted by molar-refractivity contribution is 6.09. The lowest BCUT2D eigenvalue weighted by Crippen LogP contribution is -2.47. The lowest BCUT2D eigenvalue weighted by atomic mass is 9.76. The Balaban J connectivity index is 1.34. The molecule has 1 aliphatic heterocycles. The number of methoxy groups -OCH3 is 1. The van der Waals surface area contributed by atoms with Gasteiger partial charge in [-0.05, 0) is 60.9 Å². The molecular weight excluding hydrogens is 406 g/mol. The molecule has 1 N–H and O–H groups in total. The second-order valence-corrected chi connectivity index (χ2v) is 8.84. The van der Waals surface area contributed by atoms with Crippen LogP contribution in [0.5, 0.6) is 5.75 Å². The minimum atomic E-state index is -1.05. The number of aryl methyl sites for hydroxylation is 1. The van der Waals surface area contributed by atoms with Gasteiger partial charge in [-0.25, -0.2) is 4.79 Å². The van der Waals surface area contributed by atoms with Crippen LogP contribution in [0, 0.1) is 0 Å². The summed E-state index contributed by atoms with van der Waals surface area (Å²) in [5, 5.41) is 2.93. The normalized spacial score (nSPS) is 22.0. The van der Waals surface area contributed by atoms with Crippen LogP contribution in [0.4, 0.5) is 4.79 Å². The zero-order chi connectivity index (χ0) is 22.3. The number of amides is 4. The molecule has 4 amide bonds. The van der Waals surface area contributed by atoms with E-state index >= 15 is 0 Å². The van der Waals surface area contributed by atoms with Gasteiger partial charge in [-0.15, -0.1) is 0 Å². The molecule has 2 aromatic carbocycles. The Labute approximate surface area is 187 Å². The Morgan fingerprint density at radius 2 is 1.91 bits per heavy atom. The number of rotatable bonds is 6. The van der Waals surface area contributed by atoms with Crippen LogP contribution in [-0.2, 0) is 28.1 Å². The molecule has 32 heavy (non-hydrogen) atoms. The van der Waals surface area contributed by atoms with Gasteiger partial charge in [-0.3, -0.25) is 14.5 Å². The summed E-state index contributed by atoms with van der Waals surface area (Å²) in [5.74, 6) is 0.242. The van der Waals surface area contributed by atoms with Crippen molar-refractivity contribution < 1.29 is 19.1 Å². The Bertz CT molecular complexity index is 1060. The fourth-order valence-electron chi connectivity index (χ4n) is 4.92. The number of ether oxygens (including phenoxy) is 1. The van der Waals surface area contributed by atoms with Crippen LogP contribution < -0.4 is 10.1 Å². The molecule has 1 spiro atoms. The number of carbonyl (C=O) groups is 3. The van der Waals surface area contributed by atoms with Crippen molar-refractivity contribution in [3.05, 3.63) is 65.2 Å². The highest BCUT2D eigenvalue weighted by Crippen LogP contribution is 2.40. The van der Waals surface area contributed by atoms with E-state index in [9.17, 15) is 14.4 Å². The largest absolute Gasteiger partial charge is 0.497 e. The van der Waals surface area contributed by atoms with Gasteiger partial charge in [0.2, 0.25) is 5.91 Å². The summed E-state index contributed by atoms with van der Waals surface area (Å²) in [5.41, 5.74) is 1.88. The second kappa shape index (κ2) is 7.97. The summed E-state index contributed by atoms with van der Waals surface area (Å²) in [4.78, 5) is 42.5. The molecule has 1 atom stereocenters. The fraction of sp³-hybridized carbons (Fsp3) is 0.400. The number of fused-ring (bicyclic) bond motifs is 2. The van der Waals surface area contributed by atoms with Crippen molar-refractivity contribution in [1.29, 1.82) is 0 Å². The lowest BCUT2D eigenvalue weighted by molar-refractivity contribution is -0.140. The van der Waals surface area contributed by atoms with Gasteiger partial charge in [-0.1, -0.05) is 36.4 Å². The van der Waals surface area contributed by atoms with Gasteiger partial charge in [-0.2, -0.15) is 0 Å². The first kappa shape index (κ1) is 20.5. The van der Waals surface area contributed by atoms with Crippen LogP contribution in [0.15, 0.2) is 48.5 Å². The zero-order valence-electron chi connectivity index (χ0n) is 18.2. The van der Waals surface area contributed by atoms with Crippen LogP contribution in [0.1, 0.15) is 42.4 Å². The Kier molecular flexibility index (Phi) is 5.12. The summed E-state index contributed by atoms with van der Waals surface area (Å²) in [6.07, 6.45) is 4.14. The average Bonchev–Trinajstić information content (AvgIpc) is 3.63. The van der Waals surface area contributed by atoms with Crippen molar-refractivity contribution in [3.63, 3.8) is 0 Å². The van der Waals surface area contributed by atoms with Crippen molar-refractivity contribution in [1.82, 2.24) is 15.1 Å². The van der Waals surface area contributed by atoms with E-state index in [0.29, 0.717) is 13.0 Å². The van der Waals surface area contributed by atoms with Gasteiger partial charge in [0.15, 0.2) is 0 Å². The van der Waals surface area contributed by atoms with Gasteiger partial charge in [0.05, 0.1) is 7.11 Å². The third-order valence-corrected chi connectivity index (χ3v) is 6.76. The number of carbonyl (C=O) groups excluding carboxylic acids is 3. The summed E-state index contributed by atoms with van der Waals surface area (Å²) in [6, 6.07) is 15.0. The quantitative estimate of drug-likeness (QED) is 0.711. The number of imide groups is 1. The van der Waals surface area contributed by atoms with E-state index < -0.39 is 11.6 Å². The molecule has 5 rings (SSSR count). The Morgan fingerprint density at radius 3 is 2.62 bits per heavy atom. The van der Waals surface area contributed by atoms with Crippen LogP contribution in [0.2, 0.25) is 0 Å². The number of nitrogens with one attached hydrogen (secondary N) is 1. The summed E-state index contributed by atoms with van der Waals surface area (Å²) in [6.45, 7) is 0.215. The molecule has 7 heteroatoms. The predicted molar refractivity (Wildman–Crippen MR) is 118 cm³/mol. The van der Waals surface area contributed by atoms with Crippen molar-refractivity contribution in [2.24, 2.45) is 0 Å². The van der Waals surface area contributed by atoms with Crippen molar-refractivity contribution in [3.8, 4) is 5.75 Å². The van der Waals surface area contributed by atoms with E-state index in [4.69, 9.17) is 4.74 Å². The van der Waals surface area contributed by atoms with Crippen LogP contribution >= 0.6 is 0 Å². The fourth-order valence-corrected chi connectivity index (χ4v) is 4.92. The summed E-state index contributed by atoms with van der Waals surface area (Å²) >= 11 is 0. The minimum Gasteiger partial charge on any atom is -0.497 e. The van der Waals surface area contributed by atoms with Crippen molar-refractivity contribution in [2.45, 2.75) is 50.2 Å². The van der Waals surface area contributed by atoms with E-state index in [0.717, 1.165) is 53.0 Å². The molecule has 0 unspecified atom stereocenters. The van der Waals surface area contributed by atoms with Gasteiger partial charge >= 0.3 is 6.03 Å². The van der Waals surface area contributed by atoms with E-state index in [-0.39, 0.29) is 24.4 Å². The number of nitrogens with zero attached hydrogens (tertiary/aromatic N) is 2. The molecule has 2 fully saturated rings. The van der Waals surface area contributed by atoms with Crippen LogP contribution in [0.3, 0.4) is 0 Å². The first-order valence-electron chi connectivity index (χ1n) is 11.2. The molecule has 166 valence electrons.